The average molecular weight is 451 g/mol. The lowest BCUT2D eigenvalue weighted by atomic mass is 9.99. The first-order valence-electron chi connectivity index (χ1n) is 10.2. The van der Waals surface area contributed by atoms with E-state index in [0.717, 1.165) is 31.2 Å². The zero-order valence-electron chi connectivity index (χ0n) is 18.0. The van der Waals surface area contributed by atoms with Crippen LogP contribution in [0.25, 0.3) is 0 Å². The van der Waals surface area contributed by atoms with Gasteiger partial charge < -0.3 is 0 Å². The van der Waals surface area contributed by atoms with Gasteiger partial charge in [-0.05, 0) is 70.0 Å². The molecule has 7 nitrogen and oxygen atoms in total. The van der Waals surface area contributed by atoms with Crippen molar-refractivity contribution in [3.8, 4) is 0 Å². The Labute approximate surface area is 183 Å². The third-order valence-corrected chi connectivity index (χ3v) is 8.41. The van der Waals surface area contributed by atoms with Crippen LogP contribution in [0.5, 0.6) is 0 Å². The second kappa shape index (κ2) is 9.55. The lowest BCUT2D eigenvalue weighted by molar-refractivity contribution is 0.102. The van der Waals surface area contributed by atoms with E-state index in [1.807, 2.05) is 19.2 Å². The summed E-state index contributed by atoms with van der Waals surface area (Å²) in [5.41, 5.74) is 1.35. The molecule has 1 aliphatic heterocycles. The topological polar surface area (TPSA) is 82.6 Å². The monoisotopic (exact) mass is 450 g/mol. The van der Waals surface area contributed by atoms with Crippen LogP contribution < -0.4 is 5.32 Å². The molecule has 1 N–H and O–H groups in total. The predicted molar refractivity (Wildman–Crippen MR) is 120 cm³/mol. The molecule has 0 atom stereocenters. The molecule has 0 unspecified atom stereocenters. The van der Waals surface area contributed by atoms with E-state index in [0.29, 0.717) is 10.7 Å². The molecule has 0 spiro atoms. The zero-order chi connectivity index (χ0) is 21.9. The van der Waals surface area contributed by atoms with Crippen molar-refractivity contribution in [2.45, 2.75) is 51.1 Å². The van der Waals surface area contributed by atoms with E-state index in [2.05, 4.69) is 22.1 Å². The number of carbonyl (C=O) groups is 1. The van der Waals surface area contributed by atoms with E-state index >= 15 is 0 Å². The number of nitrogens with one attached hydrogen (secondary N) is 1. The van der Waals surface area contributed by atoms with Crippen molar-refractivity contribution >= 4 is 32.4 Å². The van der Waals surface area contributed by atoms with E-state index in [1.165, 1.54) is 52.7 Å². The van der Waals surface area contributed by atoms with Crippen molar-refractivity contribution in [1.82, 2.24) is 14.2 Å². The molecule has 0 radical (unpaired) electrons. The molecular formula is C21H30N4O3S2. The summed E-state index contributed by atoms with van der Waals surface area (Å²) < 4.78 is 26.4. The second-order valence-electron chi connectivity index (χ2n) is 8.20. The van der Waals surface area contributed by atoms with Crippen LogP contribution in [0.1, 0.15) is 49.7 Å². The number of piperidine rings is 1. The highest BCUT2D eigenvalue weighted by atomic mass is 32.2. The van der Waals surface area contributed by atoms with Crippen LogP contribution in [-0.4, -0.2) is 54.7 Å². The van der Waals surface area contributed by atoms with E-state index in [1.54, 1.807) is 7.05 Å². The summed E-state index contributed by atoms with van der Waals surface area (Å²) in [6.45, 7) is 8.89. The number of sulfonamides is 1. The van der Waals surface area contributed by atoms with Crippen LogP contribution in [0.15, 0.2) is 34.5 Å². The van der Waals surface area contributed by atoms with Crippen molar-refractivity contribution in [2.75, 3.05) is 25.5 Å². The molecule has 1 saturated heterocycles. The van der Waals surface area contributed by atoms with Gasteiger partial charge in [0.25, 0.3) is 5.91 Å². The molecule has 0 aliphatic carbocycles. The first kappa shape index (κ1) is 22.9. The van der Waals surface area contributed by atoms with Gasteiger partial charge in [-0.2, -0.15) is 4.31 Å². The number of anilines is 1. The number of thiazole rings is 1. The summed E-state index contributed by atoms with van der Waals surface area (Å²) in [6.07, 6.45) is 2.43. The molecule has 1 aromatic carbocycles. The van der Waals surface area contributed by atoms with Crippen LogP contribution in [0.2, 0.25) is 0 Å². The highest BCUT2D eigenvalue weighted by Gasteiger charge is 2.23. The molecule has 0 saturated carbocycles. The number of benzene rings is 1. The van der Waals surface area contributed by atoms with Crippen LogP contribution in [-0.2, 0) is 16.6 Å². The van der Waals surface area contributed by atoms with E-state index < -0.39 is 10.0 Å². The highest BCUT2D eigenvalue weighted by molar-refractivity contribution is 7.89. The molecule has 2 aromatic rings. The van der Waals surface area contributed by atoms with Gasteiger partial charge in [0, 0.05) is 30.6 Å². The van der Waals surface area contributed by atoms with Crippen LogP contribution in [0.3, 0.4) is 0 Å². The number of nitrogens with zero attached hydrogens (tertiary/aromatic N) is 3. The molecule has 164 valence electrons. The zero-order valence-corrected chi connectivity index (χ0v) is 19.6. The lowest BCUT2D eigenvalue weighted by Gasteiger charge is -2.29. The van der Waals surface area contributed by atoms with Gasteiger partial charge >= 0.3 is 0 Å². The Morgan fingerprint density at radius 1 is 1.27 bits per heavy atom. The molecule has 1 amide bonds. The standard InChI is InChI=1S/C21H30N4O3S2/c1-15(2)24(4)30(27,28)19-7-5-17(6-8-19)20(26)23-21-22-18(14-29-21)13-25-11-9-16(3)10-12-25/h5-8,14-16H,9-13H2,1-4H3,(H,22,23,26). The second-order valence-corrected chi connectivity index (χ2v) is 11.1. The minimum Gasteiger partial charge on any atom is -0.298 e. The number of hydrogen-bond acceptors (Lipinski definition) is 6. The largest absolute Gasteiger partial charge is 0.298 e. The fourth-order valence-electron chi connectivity index (χ4n) is 3.28. The van der Waals surface area contributed by atoms with E-state index in [9.17, 15) is 13.2 Å². The van der Waals surface area contributed by atoms with Gasteiger partial charge in [0.15, 0.2) is 5.13 Å². The van der Waals surface area contributed by atoms with E-state index in [-0.39, 0.29) is 16.8 Å². The van der Waals surface area contributed by atoms with Crippen molar-refractivity contribution in [3.63, 3.8) is 0 Å². The van der Waals surface area contributed by atoms with Gasteiger partial charge in [0.05, 0.1) is 10.6 Å². The van der Waals surface area contributed by atoms with Crippen molar-refractivity contribution in [3.05, 3.63) is 40.9 Å². The van der Waals surface area contributed by atoms with E-state index in [4.69, 9.17) is 0 Å². The smallest absolute Gasteiger partial charge is 0.257 e. The molecule has 30 heavy (non-hydrogen) atoms. The molecule has 1 aromatic heterocycles. The quantitative estimate of drug-likeness (QED) is 0.696. The first-order valence-corrected chi connectivity index (χ1v) is 12.5. The number of amides is 1. The fourth-order valence-corrected chi connectivity index (χ4v) is 5.34. The Kier molecular flexibility index (Phi) is 7.28. The van der Waals surface area contributed by atoms with Gasteiger partial charge in [-0.1, -0.05) is 6.92 Å². The number of aromatic nitrogens is 1. The van der Waals surface area contributed by atoms with Gasteiger partial charge in [0.2, 0.25) is 10.0 Å². The normalized spacial score (nSPS) is 16.3. The number of carbonyl (C=O) groups excluding carboxylic acids is 1. The number of likely N-dealkylation sites (tertiary alicyclic amines) is 1. The fraction of sp³-hybridized carbons (Fsp3) is 0.524. The van der Waals surface area contributed by atoms with Crippen molar-refractivity contribution < 1.29 is 13.2 Å². The number of hydrogen-bond donors (Lipinski definition) is 1. The summed E-state index contributed by atoms with van der Waals surface area (Å²) in [7, 11) is -2.02. The Balaban J connectivity index is 1.61. The summed E-state index contributed by atoms with van der Waals surface area (Å²) in [6, 6.07) is 5.84. The average Bonchev–Trinajstić information content (AvgIpc) is 3.15. The SMILES string of the molecule is CC1CCN(Cc2csc(NC(=O)c3ccc(S(=O)(=O)N(C)C(C)C)cc3)n2)CC1. The number of rotatable bonds is 7. The highest BCUT2D eigenvalue weighted by Crippen LogP contribution is 2.22. The Morgan fingerprint density at radius 2 is 1.90 bits per heavy atom. The molecule has 0 bridgehead atoms. The Hall–Kier alpha value is -1.81. The summed E-state index contributed by atoms with van der Waals surface area (Å²) in [5, 5.41) is 5.34. The lowest BCUT2D eigenvalue weighted by Crippen LogP contribution is -2.33. The third kappa shape index (κ3) is 5.46. The maximum Gasteiger partial charge on any atom is 0.257 e. The summed E-state index contributed by atoms with van der Waals surface area (Å²) in [5.74, 6) is 0.488. The van der Waals surface area contributed by atoms with Gasteiger partial charge in [0.1, 0.15) is 0 Å². The third-order valence-electron chi connectivity index (χ3n) is 5.55. The Bertz CT molecular complexity index is 962. The molecule has 1 fully saturated rings. The van der Waals surface area contributed by atoms with Crippen LogP contribution in [0, 0.1) is 5.92 Å². The minimum atomic E-state index is -3.57. The Morgan fingerprint density at radius 3 is 2.50 bits per heavy atom. The molecule has 2 heterocycles. The minimum absolute atomic E-state index is 0.148. The van der Waals surface area contributed by atoms with Crippen molar-refractivity contribution in [1.29, 1.82) is 0 Å². The predicted octanol–water partition coefficient (Wildman–Crippen LogP) is 3.66. The first-order chi connectivity index (χ1) is 14.2. The van der Waals surface area contributed by atoms with Crippen molar-refractivity contribution in [2.24, 2.45) is 5.92 Å². The molecular weight excluding hydrogens is 420 g/mol. The van der Waals surface area contributed by atoms with Gasteiger partial charge in [-0.3, -0.25) is 15.0 Å². The molecule has 3 rings (SSSR count). The van der Waals surface area contributed by atoms with Crippen LogP contribution in [0.4, 0.5) is 5.13 Å². The summed E-state index contributed by atoms with van der Waals surface area (Å²) in [4.78, 5) is 19.6. The summed E-state index contributed by atoms with van der Waals surface area (Å²) >= 11 is 1.40. The molecule has 1 aliphatic rings. The van der Waals surface area contributed by atoms with Gasteiger partial charge in [-0.15, -0.1) is 11.3 Å². The maximum absolute atomic E-state index is 12.5. The maximum atomic E-state index is 12.5. The van der Waals surface area contributed by atoms with Crippen LogP contribution >= 0.6 is 11.3 Å². The molecule has 9 heteroatoms. The van der Waals surface area contributed by atoms with Gasteiger partial charge in [-0.25, -0.2) is 13.4 Å².